The lowest BCUT2D eigenvalue weighted by atomic mass is 9.93. The molecule has 0 saturated heterocycles. The van der Waals surface area contributed by atoms with Crippen LogP contribution >= 0.6 is 15.9 Å². The Balaban J connectivity index is 2.36. The lowest BCUT2D eigenvalue weighted by Crippen LogP contribution is -2.37. The van der Waals surface area contributed by atoms with Crippen molar-refractivity contribution in [3.63, 3.8) is 0 Å². The molecule has 1 atom stereocenters. The van der Waals surface area contributed by atoms with Crippen LogP contribution in [-0.4, -0.2) is 19.0 Å². The fourth-order valence-corrected chi connectivity index (χ4v) is 2.86. The third-order valence-corrected chi connectivity index (χ3v) is 3.61. The Labute approximate surface area is 116 Å². The lowest BCUT2D eigenvalue weighted by Gasteiger charge is -2.28. The molecule has 1 unspecified atom stereocenters. The van der Waals surface area contributed by atoms with E-state index in [0.717, 1.165) is 21.3 Å². The summed E-state index contributed by atoms with van der Waals surface area (Å²) in [5, 5.41) is 0. The van der Waals surface area contributed by atoms with Crippen LogP contribution in [0.15, 0.2) is 16.6 Å². The maximum absolute atomic E-state index is 12.0. The molecule has 0 N–H and O–H groups in total. The van der Waals surface area contributed by atoms with Gasteiger partial charge in [0, 0.05) is 19.1 Å². The molecule has 0 amide bonds. The molecule has 0 aromatic heterocycles. The molecule has 2 rings (SSSR count). The zero-order valence-corrected chi connectivity index (χ0v) is 12.4. The first-order chi connectivity index (χ1) is 8.52. The molecule has 0 bridgehead atoms. The molecule has 18 heavy (non-hydrogen) atoms. The van der Waals surface area contributed by atoms with E-state index in [9.17, 15) is 4.79 Å². The van der Waals surface area contributed by atoms with E-state index in [1.165, 1.54) is 0 Å². The van der Waals surface area contributed by atoms with Gasteiger partial charge in [-0.25, -0.2) is 0 Å². The lowest BCUT2D eigenvalue weighted by molar-refractivity contribution is -0.128. The minimum absolute atomic E-state index is 0.152. The van der Waals surface area contributed by atoms with E-state index in [4.69, 9.17) is 9.47 Å². The number of ketones is 1. The normalized spacial score (nSPS) is 18.7. The van der Waals surface area contributed by atoms with Gasteiger partial charge in [-0.1, -0.05) is 13.8 Å². The third-order valence-electron chi connectivity index (χ3n) is 3.02. The molecule has 0 fully saturated rings. The van der Waals surface area contributed by atoms with Crippen LogP contribution in [0.5, 0.6) is 5.75 Å². The summed E-state index contributed by atoms with van der Waals surface area (Å²) in [4.78, 5) is 12.0. The Kier molecular flexibility index (Phi) is 4.07. The van der Waals surface area contributed by atoms with Crippen molar-refractivity contribution >= 4 is 21.7 Å². The summed E-state index contributed by atoms with van der Waals surface area (Å²) in [5.74, 6) is 1.14. The molecule has 4 heteroatoms. The van der Waals surface area contributed by atoms with E-state index in [-0.39, 0.29) is 17.8 Å². The third kappa shape index (κ3) is 2.59. The second-order valence-corrected chi connectivity index (χ2v) is 5.78. The number of ether oxygens (including phenoxy) is 2. The highest BCUT2D eigenvalue weighted by molar-refractivity contribution is 9.10. The van der Waals surface area contributed by atoms with Gasteiger partial charge in [0.1, 0.15) is 5.75 Å². The van der Waals surface area contributed by atoms with Crippen molar-refractivity contribution in [2.24, 2.45) is 5.92 Å². The van der Waals surface area contributed by atoms with Crippen LogP contribution in [0.1, 0.15) is 25.0 Å². The molecule has 3 nitrogen and oxygen atoms in total. The van der Waals surface area contributed by atoms with E-state index < -0.39 is 0 Å². The van der Waals surface area contributed by atoms with Gasteiger partial charge in [-0.2, -0.15) is 0 Å². The number of fused-ring (bicyclic) bond motifs is 1. The molecule has 1 aliphatic rings. The second kappa shape index (κ2) is 5.41. The van der Waals surface area contributed by atoms with Crippen molar-refractivity contribution in [3.05, 3.63) is 27.7 Å². The van der Waals surface area contributed by atoms with Gasteiger partial charge < -0.3 is 9.47 Å². The number of carbonyl (C=O) groups is 1. The van der Waals surface area contributed by atoms with Gasteiger partial charge in [0.05, 0.1) is 11.1 Å². The molecule has 0 radical (unpaired) electrons. The zero-order chi connectivity index (χ0) is 13.3. The minimum atomic E-state index is -0.331. The first-order valence-corrected chi connectivity index (χ1v) is 6.81. The van der Waals surface area contributed by atoms with Crippen LogP contribution in [-0.2, 0) is 22.6 Å². The highest BCUT2D eigenvalue weighted by Crippen LogP contribution is 2.36. The Hall–Kier alpha value is -0.870. The van der Waals surface area contributed by atoms with Gasteiger partial charge in [0.15, 0.2) is 11.9 Å². The van der Waals surface area contributed by atoms with Gasteiger partial charge >= 0.3 is 0 Å². The number of Topliss-reactive ketones (excluding diaryl/α,β-unsaturated/α-hetero) is 1. The largest absolute Gasteiger partial charge is 0.481 e. The van der Waals surface area contributed by atoms with Crippen LogP contribution < -0.4 is 4.74 Å². The summed E-state index contributed by atoms with van der Waals surface area (Å²) in [5.41, 5.74) is 1.99. The van der Waals surface area contributed by atoms with Crippen molar-refractivity contribution in [3.8, 4) is 5.75 Å². The molecule has 0 aliphatic carbocycles. The van der Waals surface area contributed by atoms with Crippen LogP contribution in [0.25, 0.3) is 0 Å². The van der Waals surface area contributed by atoms with E-state index in [1.54, 1.807) is 7.11 Å². The second-order valence-electron chi connectivity index (χ2n) is 4.92. The van der Waals surface area contributed by atoms with Crippen molar-refractivity contribution in [1.82, 2.24) is 0 Å². The van der Waals surface area contributed by atoms with E-state index >= 15 is 0 Å². The Morgan fingerprint density at radius 3 is 2.83 bits per heavy atom. The molecular formula is C14H17BrO3. The monoisotopic (exact) mass is 312 g/mol. The maximum Gasteiger partial charge on any atom is 0.178 e. The standard InChI is InChI=1S/C14H17BrO3/c1-8(2)13-12(16)6-10-4-9(7-17-3)5-11(15)14(10)18-13/h4-5,8,13H,6-7H2,1-3H3. The van der Waals surface area contributed by atoms with Gasteiger partial charge in [0.2, 0.25) is 0 Å². The number of methoxy groups -OCH3 is 1. The van der Waals surface area contributed by atoms with E-state index in [2.05, 4.69) is 15.9 Å². The number of carbonyl (C=O) groups excluding carboxylic acids is 1. The summed E-state index contributed by atoms with van der Waals surface area (Å²) in [7, 11) is 1.66. The smallest absolute Gasteiger partial charge is 0.178 e. The Morgan fingerprint density at radius 2 is 2.22 bits per heavy atom. The summed E-state index contributed by atoms with van der Waals surface area (Å²) < 4.78 is 11.8. The molecule has 1 aromatic rings. The molecule has 1 aliphatic heterocycles. The molecular weight excluding hydrogens is 296 g/mol. The minimum Gasteiger partial charge on any atom is -0.481 e. The molecule has 1 aromatic carbocycles. The van der Waals surface area contributed by atoms with Crippen molar-refractivity contribution < 1.29 is 14.3 Å². The highest BCUT2D eigenvalue weighted by Gasteiger charge is 2.31. The molecule has 98 valence electrons. The first kappa shape index (κ1) is 13.6. The number of rotatable bonds is 3. The van der Waals surface area contributed by atoms with Crippen molar-refractivity contribution in [1.29, 1.82) is 0 Å². The first-order valence-electron chi connectivity index (χ1n) is 6.02. The van der Waals surface area contributed by atoms with Gasteiger partial charge in [0.25, 0.3) is 0 Å². The predicted molar refractivity (Wildman–Crippen MR) is 72.8 cm³/mol. The van der Waals surface area contributed by atoms with Crippen LogP contribution in [0.4, 0.5) is 0 Å². The van der Waals surface area contributed by atoms with Gasteiger partial charge in [-0.15, -0.1) is 0 Å². The van der Waals surface area contributed by atoms with E-state index in [0.29, 0.717) is 13.0 Å². The quantitative estimate of drug-likeness (QED) is 0.860. The zero-order valence-electron chi connectivity index (χ0n) is 10.8. The highest BCUT2D eigenvalue weighted by atomic mass is 79.9. The Morgan fingerprint density at radius 1 is 1.50 bits per heavy atom. The number of halogens is 1. The van der Waals surface area contributed by atoms with Crippen LogP contribution in [0.2, 0.25) is 0 Å². The van der Waals surface area contributed by atoms with Crippen LogP contribution in [0.3, 0.4) is 0 Å². The van der Waals surface area contributed by atoms with Gasteiger partial charge in [-0.3, -0.25) is 4.79 Å². The average Bonchev–Trinajstić information content (AvgIpc) is 2.28. The summed E-state index contributed by atoms with van der Waals surface area (Å²) >= 11 is 3.51. The number of benzene rings is 1. The van der Waals surface area contributed by atoms with Crippen molar-refractivity contribution in [2.45, 2.75) is 33.0 Å². The van der Waals surface area contributed by atoms with E-state index in [1.807, 2.05) is 26.0 Å². The molecule has 0 saturated carbocycles. The van der Waals surface area contributed by atoms with Crippen molar-refractivity contribution in [2.75, 3.05) is 7.11 Å². The van der Waals surface area contributed by atoms with Crippen LogP contribution in [0, 0.1) is 5.92 Å². The predicted octanol–water partition coefficient (Wildman–Crippen LogP) is 3.12. The maximum atomic E-state index is 12.0. The summed E-state index contributed by atoms with van der Waals surface area (Å²) in [6.07, 6.45) is 0.107. The topological polar surface area (TPSA) is 35.5 Å². The SMILES string of the molecule is COCc1cc(Br)c2c(c1)CC(=O)C(C(C)C)O2. The Bertz CT molecular complexity index is 468. The van der Waals surface area contributed by atoms with Gasteiger partial charge in [-0.05, 0) is 39.5 Å². The summed E-state index contributed by atoms with van der Waals surface area (Å²) in [6, 6.07) is 3.97. The average molecular weight is 313 g/mol. The summed E-state index contributed by atoms with van der Waals surface area (Å²) in [6.45, 7) is 4.54. The number of hydrogen-bond donors (Lipinski definition) is 0. The fraction of sp³-hybridized carbons (Fsp3) is 0.500. The number of hydrogen-bond acceptors (Lipinski definition) is 3. The fourth-order valence-electron chi connectivity index (χ4n) is 2.21. The molecule has 0 spiro atoms. The molecule has 1 heterocycles.